The maximum atomic E-state index is 13.3. The standard InChI is InChI=1S/C25H35FN6O2/c1-17(2)30-12-14-31(15-13-30)21-7-5-4-6-20(21)27-24(33)32-10-8-25(3,9-11-32)23-28-22(34-29-23)18-16-19(18)26/h4-7,17-19H,8-16H2,1-3H3,(H,27,33)/t18-,19+/m1/s1. The van der Waals surface area contributed by atoms with Crippen LogP contribution in [0.1, 0.15) is 57.7 Å². The fourth-order valence-electron chi connectivity index (χ4n) is 5.01. The van der Waals surface area contributed by atoms with Crippen molar-refractivity contribution >= 4 is 17.4 Å². The monoisotopic (exact) mass is 470 g/mol. The molecular weight excluding hydrogens is 435 g/mol. The van der Waals surface area contributed by atoms with Gasteiger partial charge in [-0.25, -0.2) is 9.18 Å². The van der Waals surface area contributed by atoms with Gasteiger partial charge in [-0.1, -0.05) is 24.2 Å². The second-order valence-corrected chi connectivity index (χ2v) is 10.4. The first-order chi connectivity index (χ1) is 16.3. The van der Waals surface area contributed by atoms with Crippen molar-refractivity contribution in [1.82, 2.24) is 19.9 Å². The van der Waals surface area contributed by atoms with Gasteiger partial charge in [0.2, 0.25) is 5.89 Å². The number of urea groups is 1. The van der Waals surface area contributed by atoms with Crippen molar-refractivity contribution in [3.63, 3.8) is 0 Å². The third-order valence-corrected chi connectivity index (χ3v) is 7.70. The molecule has 34 heavy (non-hydrogen) atoms. The molecule has 3 aliphatic rings. The highest BCUT2D eigenvalue weighted by Crippen LogP contribution is 2.43. The number of aromatic nitrogens is 2. The zero-order valence-electron chi connectivity index (χ0n) is 20.3. The first kappa shape index (κ1) is 23.1. The van der Waals surface area contributed by atoms with E-state index >= 15 is 0 Å². The number of carbonyl (C=O) groups is 1. The summed E-state index contributed by atoms with van der Waals surface area (Å²) in [6.07, 6.45) is 1.10. The molecule has 0 radical (unpaired) electrons. The molecule has 3 heterocycles. The number of piperidine rings is 1. The van der Waals surface area contributed by atoms with E-state index in [0.717, 1.165) is 50.4 Å². The Morgan fingerprint density at radius 2 is 1.82 bits per heavy atom. The van der Waals surface area contributed by atoms with Gasteiger partial charge in [-0.2, -0.15) is 4.98 Å². The van der Waals surface area contributed by atoms with E-state index in [1.165, 1.54) is 0 Å². The maximum Gasteiger partial charge on any atom is 0.321 e. The SMILES string of the molecule is CC(C)N1CCN(c2ccccc2NC(=O)N2CCC(C)(c3noc([C@@H]4C[C@@H]4F)n3)CC2)CC1. The highest BCUT2D eigenvalue weighted by Gasteiger charge is 2.45. The quantitative estimate of drug-likeness (QED) is 0.712. The van der Waals surface area contributed by atoms with Crippen molar-refractivity contribution < 1.29 is 13.7 Å². The molecule has 0 spiro atoms. The number of nitrogens with zero attached hydrogens (tertiary/aromatic N) is 5. The number of alkyl halides is 1. The number of likely N-dealkylation sites (tertiary alicyclic amines) is 1. The molecule has 9 heteroatoms. The second-order valence-electron chi connectivity index (χ2n) is 10.4. The number of halogens is 1. The van der Waals surface area contributed by atoms with Crippen molar-refractivity contribution in [2.75, 3.05) is 49.5 Å². The van der Waals surface area contributed by atoms with Crippen LogP contribution in [-0.4, -0.2) is 77.5 Å². The number of benzene rings is 1. The highest BCUT2D eigenvalue weighted by atomic mass is 19.1. The fraction of sp³-hybridized carbons (Fsp3) is 0.640. The summed E-state index contributed by atoms with van der Waals surface area (Å²) in [5, 5.41) is 7.29. The van der Waals surface area contributed by atoms with E-state index in [-0.39, 0.29) is 17.4 Å². The highest BCUT2D eigenvalue weighted by molar-refractivity contribution is 5.93. The zero-order valence-corrected chi connectivity index (χ0v) is 20.3. The van der Waals surface area contributed by atoms with Crippen molar-refractivity contribution in [3.05, 3.63) is 36.0 Å². The van der Waals surface area contributed by atoms with Gasteiger partial charge in [0.1, 0.15) is 6.17 Å². The number of anilines is 2. The number of hydrogen-bond acceptors (Lipinski definition) is 6. The lowest BCUT2D eigenvalue weighted by atomic mass is 9.80. The van der Waals surface area contributed by atoms with Crippen LogP contribution in [0.15, 0.2) is 28.8 Å². The van der Waals surface area contributed by atoms with Gasteiger partial charge in [0.15, 0.2) is 5.82 Å². The molecule has 0 bridgehead atoms. The van der Waals surface area contributed by atoms with Gasteiger partial charge in [-0.05, 0) is 45.2 Å². The van der Waals surface area contributed by atoms with Crippen molar-refractivity contribution in [1.29, 1.82) is 0 Å². The Kier molecular flexibility index (Phi) is 6.22. The Labute approximate surface area is 200 Å². The molecule has 8 nitrogen and oxygen atoms in total. The lowest BCUT2D eigenvalue weighted by molar-refractivity contribution is 0.169. The third kappa shape index (κ3) is 4.62. The molecule has 2 aromatic rings. The first-order valence-corrected chi connectivity index (χ1v) is 12.5. The second kappa shape index (κ2) is 9.17. The lowest BCUT2D eigenvalue weighted by Gasteiger charge is -2.39. The summed E-state index contributed by atoms with van der Waals surface area (Å²) < 4.78 is 18.7. The molecule has 1 aliphatic carbocycles. The number of para-hydroxylation sites is 2. The van der Waals surface area contributed by atoms with E-state index < -0.39 is 6.17 Å². The molecule has 5 rings (SSSR count). The average Bonchev–Trinajstić information content (AvgIpc) is 3.36. The molecule has 2 saturated heterocycles. The topological polar surface area (TPSA) is 77.7 Å². The summed E-state index contributed by atoms with van der Waals surface area (Å²) in [7, 11) is 0. The van der Waals surface area contributed by atoms with Gasteiger partial charge < -0.3 is 19.6 Å². The van der Waals surface area contributed by atoms with Gasteiger partial charge in [0, 0.05) is 50.7 Å². The smallest absolute Gasteiger partial charge is 0.321 e. The molecule has 0 unspecified atom stereocenters. The fourth-order valence-corrected chi connectivity index (χ4v) is 5.01. The zero-order chi connectivity index (χ0) is 23.9. The molecule has 1 aromatic heterocycles. The number of carbonyl (C=O) groups excluding carboxylic acids is 1. The van der Waals surface area contributed by atoms with E-state index in [1.54, 1.807) is 0 Å². The van der Waals surface area contributed by atoms with Gasteiger partial charge in [0.25, 0.3) is 0 Å². The molecule has 184 valence electrons. The normalized spacial score (nSPS) is 25.0. The Bertz CT molecular complexity index is 1010. The van der Waals surface area contributed by atoms with E-state index in [9.17, 15) is 9.18 Å². The van der Waals surface area contributed by atoms with E-state index in [1.807, 2.05) is 23.1 Å². The van der Waals surface area contributed by atoms with Crippen LogP contribution >= 0.6 is 0 Å². The van der Waals surface area contributed by atoms with Crippen molar-refractivity contribution in [2.45, 2.75) is 63.6 Å². The number of rotatable bonds is 5. The van der Waals surface area contributed by atoms with Crippen LogP contribution in [0.2, 0.25) is 0 Å². The van der Waals surface area contributed by atoms with Gasteiger partial charge >= 0.3 is 6.03 Å². The predicted molar refractivity (Wildman–Crippen MR) is 129 cm³/mol. The summed E-state index contributed by atoms with van der Waals surface area (Å²) in [5.41, 5.74) is 1.66. The largest absolute Gasteiger partial charge is 0.367 e. The minimum absolute atomic E-state index is 0.0811. The third-order valence-electron chi connectivity index (χ3n) is 7.70. The van der Waals surface area contributed by atoms with Gasteiger partial charge in [-0.3, -0.25) is 4.90 Å². The molecule has 2 aliphatic heterocycles. The van der Waals surface area contributed by atoms with E-state index in [4.69, 9.17) is 4.52 Å². The van der Waals surface area contributed by atoms with Crippen molar-refractivity contribution in [3.8, 4) is 0 Å². The van der Waals surface area contributed by atoms with Gasteiger partial charge in [0.05, 0.1) is 17.3 Å². The van der Waals surface area contributed by atoms with Crippen LogP contribution in [-0.2, 0) is 5.41 Å². The molecule has 2 amide bonds. The number of hydrogen-bond donors (Lipinski definition) is 1. The Morgan fingerprint density at radius 3 is 2.47 bits per heavy atom. The van der Waals surface area contributed by atoms with Crippen LogP contribution < -0.4 is 10.2 Å². The van der Waals surface area contributed by atoms with Crippen LogP contribution in [0.3, 0.4) is 0 Å². The Balaban J connectivity index is 1.19. The lowest BCUT2D eigenvalue weighted by Crippen LogP contribution is -2.49. The van der Waals surface area contributed by atoms with Crippen LogP contribution in [0.4, 0.5) is 20.6 Å². The minimum atomic E-state index is -0.853. The number of nitrogens with one attached hydrogen (secondary N) is 1. The first-order valence-electron chi connectivity index (χ1n) is 12.5. The molecule has 2 atom stereocenters. The summed E-state index contributed by atoms with van der Waals surface area (Å²) in [6.45, 7) is 11.7. The van der Waals surface area contributed by atoms with Crippen LogP contribution in [0, 0.1) is 0 Å². The number of piperazine rings is 1. The average molecular weight is 471 g/mol. The molecule has 1 saturated carbocycles. The number of amides is 2. The summed E-state index contributed by atoms with van der Waals surface area (Å²) >= 11 is 0. The van der Waals surface area contributed by atoms with E-state index in [0.29, 0.717) is 37.3 Å². The van der Waals surface area contributed by atoms with E-state index in [2.05, 4.69) is 52.1 Å². The van der Waals surface area contributed by atoms with Crippen LogP contribution in [0.5, 0.6) is 0 Å². The predicted octanol–water partition coefficient (Wildman–Crippen LogP) is 4.01. The van der Waals surface area contributed by atoms with Crippen molar-refractivity contribution in [2.24, 2.45) is 0 Å². The summed E-state index contributed by atoms with van der Waals surface area (Å²) in [4.78, 5) is 24.3. The summed E-state index contributed by atoms with van der Waals surface area (Å²) in [5.74, 6) is 0.811. The summed E-state index contributed by atoms with van der Waals surface area (Å²) in [6, 6.07) is 8.53. The minimum Gasteiger partial charge on any atom is -0.367 e. The Hall–Kier alpha value is -2.68. The molecule has 1 N–H and O–H groups in total. The molecule has 1 aromatic carbocycles. The van der Waals surface area contributed by atoms with Gasteiger partial charge in [-0.15, -0.1) is 0 Å². The molecular formula is C25H35FN6O2. The molecule has 3 fully saturated rings. The maximum absolute atomic E-state index is 13.3. The van der Waals surface area contributed by atoms with Crippen LogP contribution in [0.25, 0.3) is 0 Å². The Morgan fingerprint density at radius 1 is 1.15 bits per heavy atom.